The molecule has 8 nitrogen and oxygen atoms in total. The number of amides is 4. The number of hydrogen-bond acceptors (Lipinski definition) is 5. The molecule has 9 heteroatoms. The largest absolute Gasteiger partial charge is 0.334 e. The number of sulfone groups is 1. The second kappa shape index (κ2) is 7.98. The first-order valence-electron chi connectivity index (χ1n) is 11.1. The predicted molar refractivity (Wildman–Crippen MR) is 121 cm³/mol. The maximum absolute atomic E-state index is 13.8. The molecule has 0 unspecified atom stereocenters. The lowest BCUT2D eigenvalue weighted by Crippen LogP contribution is -2.49. The van der Waals surface area contributed by atoms with Gasteiger partial charge in [0.05, 0.1) is 11.5 Å². The highest BCUT2D eigenvalue weighted by Crippen LogP contribution is 2.37. The highest BCUT2D eigenvalue weighted by molar-refractivity contribution is 7.91. The summed E-state index contributed by atoms with van der Waals surface area (Å²) in [7, 11) is -3.17. The van der Waals surface area contributed by atoms with E-state index < -0.39 is 39.9 Å². The van der Waals surface area contributed by atoms with E-state index in [9.17, 15) is 22.8 Å². The molecule has 2 aromatic carbocycles. The first-order valence-corrected chi connectivity index (χ1v) is 12.9. The summed E-state index contributed by atoms with van der Waals surface area (Å²) in [5.74, 6) is -0.913. The van der Waals surface area contributed by atoms with E-state index in [0.29, 0.717) is 17.5 Å². The van der Waals surface area contributed by atoms with E-state index in [1.807, 2.05) is 12.1 Å². The summed E-state index contributed by atoms with van der Waals surface area (Å²) < 4.78 is 24.0. The molecule has 33 heavy (non-hydrogen) atoms. The minimum Gasteiger partial charge on any atom is -0.334 e. The molecule has 0 radical (unpaired) electrons. The van der Waals surface area contributed by atoms with Crippen LogP contribution in [0.1, 0.15) is 30.4 Å². The summed E-state index contributed by atoms with van der Waals surface area (Å²) in [5.41, 5.74) is -0.225. The molecule has 2 aromatic rings. The van der Waals surface area contributed by atoms with Gasteiger partial charge in [-0.1, -0.05) is 60.7 Å². The number of rotatable bonds is 6. The van der Waals surface area contributed by atoms with E-state index in [2.05, 4.69) is 5.32 Å². The molecule has 3 fully saturated rings. The minimum atomic E-state index is -3.17. The van der Waals surface area contributed by atoms with E-state index in [4.69, 9.17) is 0 Å². The molecule has 172 valence electrons. The molecule has 0 bridgehead atoms. The van der Waals surface area contributed by atoms with Gasteiger partial charge in [-0.2, -0.15) is 0 Å². The molecule has 2 heterocycles. The van der Waals surface area contributed by atoms with Gasteiger partial charge in [0.15, 0.2) is 15.4 Å². The number of imide groups is 1. The lowest BCUT2D eigenvalue weighted by Gasteiger charge is -2.30. The molecule has 1 aliphatic carbocycles. The Balaban J connectivity index is 1.45. The summed E-state index contributed by atoms with van der Waals surface area (Å²) >= 11 is 0. The van der Waals surface area contributed by atoms with Crippen molar-refractivity contribution in [3.05, 3.63) is 71.8 Å². The first kappa shape index (κ1) is 21.6. The minimum absolute atomic E-state index is 0.0235. The average molecular weight is 468 g/mol. The lowest BCUT2D eigenvalue weighted by molar-refractivity contribution is -0.140. The standard InChI is InChI=1S/C24H25N3O5S/c28-21(27(19-11-12-19)20-13-14-33(31,32)16-20)15-26-22(29)24(25-23(26)30,17-7-3-1-4-8-17)18-9-5-2-6-10-18/h1-10,19-20H,11-16H2,(H,25,30)/t20-/m0/s1. The fourth-order valence-corrected chi connectivity index (χ4v) is 6.64. The van der Waals surface area contributed by atoms with Crippen LogP contribution in [0.4, 0.5) is 4.79 Å². The number of carbonyl (C=O) groups is 3. The maximum atomic E-state index is 13.8. The third kappa shape index (κ3) is 3.80. The van der Waals surface area contributed by atoms with Crippen molar-refractivity contribution in [1.82, 2.24) is 15.1 Å². The lowest BCUT2D eigenvalue weighted by atomic mass is 9.82. The van der Waals surface area contributed by atoms with Gasteiger partial charge < -0.3 is 10.2 Å². The second-order valence-electron chi connectivity index (χ2n) is 8.89. The Morgan fingerprint density at radius 1 is 0.939 bits per heavy atom. The third-order valence-corrected chi connectivity index (χ3v) is 8.39. The zero-order chi connectivity index (χ0) is 23.2. The van der Waals surface area contributed by atoms with Crippen molar-refractivity contribution in [2.75, 3.05) is 18.1 Å². The summed E-state index contributed by atoms with van der Waals surface area (Å²) in [6.07, 6.45) is 2.00. The number of carbonyl (C=O) groups excluding carboxylic acids is 3. The van der Waals surface area contributed by atoms with Crippen molar-refractivity contribution in [3.63, 3.8) is 0 Å². The Morgan fingerprint density at radius 2 is 1.52 bits per heavy atom. The van der Waals surface area contributed by atoms with Crippen LogP contribution in [0.3, 0.4) is 0 Å². The van der Waals surface area contributed by atoms with Crippen LogP contribution in [0, 0.1) is 0 Å². The Morgan fingerprint density at radius 3 is 2.00 bits per heavy atom. The van der Waals surface area contributed by atoms with Crippen molar-refractivity contribution in [2.24, 2.45) is 0 Å². The fourth-order valence-electron chi connectivity index (χ4n) is 4.92. The van der Waals surface area contributed by atoms with Gasteiger partial charge in [-0.15, -0.1) is 0 Å². The van der Waals surface area contributed by atoms with Gasteiger partial charge in [0.2, 0.25) is 5.91 Å². The van der Waals surface area contributed by atoms with Crippen LogP contribution in [0.5, 0.6) is 0 Å². The number of hydrogen-bond donors (Lipinski definition) is 1. The quantitative estimate of drug-likeness (QED) is 0.651. The van der Waals surface area contributed by atoms with E-state index in [1.54, 1.807) is 53.4 Å². The van der Waals surface area contributed by atoms with E-state index >= 15 is 0 Å². The zero-order valence-electron chi connectivity index (χ0n) is 18.0. The number of benzene rings is 2. The summed E-state index contributed by atoms with van der Waals surface area (Å²) in [5, 5.41) is 2.84. The molecule has 0 spiro atoms. The van der Waals surface area contributed by atoms with Crippen molar-refractivity contribution in [1.29, 1.82) is 0 Å². The molecular formula is C24H25N3O5S. The summed E-state index contributed by atoms with van der Waals surface area (Å²) in [6, 6.07) is 16.9. The summed E-state index contributed by atoms with van der Waals surface area (Å²) in [4.78, 5) is 42.7. The van der Waals surface area contributed by atoms with Crippen molar-refractivity contribution in [3.8, 4) is 0 Å². The molecule has 2 aliphatic heterocycles. The smallest absolute Gasteiger partial charge is 0.326 e. The van der Waals surface area contributed by atoms with Crippen molar-refractivity contribution < 1.29 is 22.8 Å². The highest BCUT2D eigenvalue weighted by atomic mass is 32.2. The first-order chi connectivity index (χ1) is 15.8. The van der Waals surface area contributed by atoms with Gasteiger partial charge in [0.1, 0.15) is 6.54 Å². The Kier molecular flexibility index (Phi) is 5.23. The van der Waals surface area contributed by atoms with E-state index in [1.165, 1.54) is 0 Å². The maximum Gasteiger partial charge on any atom is 0.326 e. The SMILES string of the molecule is O=C1NC(c2ccccc2)(c2ccccc2)C(=O)N1CC(=O)N(C1CC1)[C@H]1CCS(=O)(=O)C1. The average Bonchev–Trinajstić information content (AvgIpc) is 3.53. The van der Waals surface area contributed by atoms with Gasteiger partial charge >= 0.3 is 6.03 Å². The fraction of sp³-hybridized carbons (Fsp3) is 0.375. The Labute approximate surface area is 192 Å². The Bertz CT molecular complexity index is 1160. The van der Waals surface area contributed by atoms with Crippen LogP contribution in [-0.4, -0.2) is 66.2 Å². The molecule has 1 N–H and O–H groups in total. The topological polar surface area (TPSA) is 104 Å². The molecule has 1 atom stereocenters. The van der Waals surface area contributed by atoms with Crippen LogP contribution in [-0.2, 0) is 25.0 Å². The molecule has 4 amide bonds. The molecule has 2 saturated heterocycles. The van der Waals surface area contributed by atoms with Gasteiger partial charge in [0.25, 0.3) is 5.91 Å². The van der Waals surface area contributed by atoms with Crippen molar-refractivity contribution in [2.45, 2.75) is 36.9 Å². The van der Waals surface area contributed by atoms with Crippen LogP contribution in [0.25, 0.3) is 0 Å². The predicted octanol–water partition coefficient (Wildman–Crippen LogP) is 1.66. The Hall–Kier alpha value is -3.20. The molecular weight excluding hydrogens is 442 g/mol. The highest BCUT2D eigenvalue weighted by Gasteiger charge is 2.54. The molecule has 0 aromatic heterocycles. The van der Waals surface area contributed by atoms with E-state index in [0.717, 1.165) is 17.7 Å². The number of urea groups is 1. The van der Waals surface area contributed by atoms with E-state index in [-0.39, 0.29) is 23.5 Å². The molecule has 3 aliphatic rings. The second-order valence-corrected chi connectivity index (χ2v) is 11.1. The normalized spacial score (nSPS) is 23.4. The van der Waals surface area contributed by atoms with Gasteiger partial charge in [-0.25, -0.2) is 13.2 Å². The van der Waals surface area contributed by atoms with Gasteiger partial charge in [-0.3, -0.25) is 14.5 Å². The summed E-state index contributed by atoms with van der Waals surface area (Å²) in [6.45, 7) is -0.418. The van der Waals surface area contributed by atoms with Crippen LogP contribution in [0.2, 0.25) is 0 Å². The van der Waals surface area contributed by atoms with Crippen LogP contribution < -0.4 is 5.32 Å². The van der Waals surface area contributed by atoms with Crippen molar-refractivity contribution >= 4 is 27.7 Å². The third-order valence-electron chi connectivity index (χ3n) is 6.64. The van der Waals surface area contributed by atoms with Crippen LogP contribution >= 0.6 is 0 Å². The number of nitrogens with zero attached hydrogens (tertiary/aromatic N) is 2. The molecule has 1 saturated carbocycles. The molecule has 5 rings (SSSR count). The van der Waals surface area contributed by atoms with Gasteiger partial charge in [0, 0.05) is 12.1 Å². The van der Waals surface area contributed by atoms with Gasteiger partial charge in [-0.05, 0) is 30.4 Å². The zero-order valence-corrected chi connectivity index (χ0v) is 18.8. The van der Waals surface area contributed by atoms with Crippen LogP contribution in [0.15, 0.2) is 60.7 Å². The monoisotopic (exact) mass is 467 g/mol. The number of nitrogens with one attached hydrogen (secondary N) is 1.